The lowest BCUT2D eigenvalue weighted by molar-refractivity contribution is 0.464. The molecule has 1 aliphatic rings. The predicted octanol–water partition coefficient (Wildman–Crippen LogP) is 1.26. The third-order valence-corrected chi connectivity index (χ3v) is 2.86. The molecule has 1 aliphatic carbocycles. The monoisotopic (exact) mass is 202 g/mol. The lowest BCUT2D eigenvalue weighted by atomic mass is 10.1. The molecule has 0 bridgehead atoms. The van der Waals surface area contributed by atoms with E-state index >= 15 is 0 Å². The summed E-state index contributed by atoms with van der Waals surface area (Å²) in [6, 6.07) is 2.70. The van der Waals surface area contributed by atoms with Gasteiger partial charge in [-0.05, 0) is 12.8 Å². The lowest BCUT2D eigenvalue weighted by Crippen LogP contribution is -2.31. The Morgan fingerprint density at radius 3 is 2.93 bits per heavy atom. The summed E-state index contributed by atoms with van der Waals surface area (Å²) in [7, 11) is 0. The van der Waals surface area contributed by atoms with Crippen molar-refractivity contribution in [1.82, 2.24) is 15.3 Å². The summed E-state index contributed by atoms with van der Waals surface area (Å²) in [6.45, 7) is 0.754. The van der Waals surface area contributed by atoms with Gasteiger partial charge in [-0.2, -0.15) is 5.26 Å². The average molecular weight is 202 g/mol. The number of nitrogens with zero attached hydrogens (tertiary/aromatic N) is 3. The van der Waals surface area contributed by atoms with E-state index in [0.29, 0.717) is 6.04 Å². The molecule has 0 amide bonds. The SMILES string of the molecule is N#CC1CCCC1NCc1cncnc1. The smallest absolute Gasteiger partial charge is 0.115 e. The molecule has 0 aromatic carbocycles. The van der Waals surface area contributed by atoms with E-state index in [0.717, 1.165) is 31.4 Å². The second-order valence-electron chi connectivity index (χ2n) is 3.90. The van der Waals surface area contributed by atoms with Gasteiger partial charge >= 0.3 is 0 Å². The van der Waals surface area contributed by atoms with Crippen LogP contribution in [0.5, 0.6) is 0 Å². The van der Waals surface area contributed by atoms with Crippen molar-refractivity contribution >= 4 is 0 Å². The van der Waals surface area contributed by atoms with Crippen LogP contribution in [0.25, 0.3) is 0 Å². The van der Waals surface area contributed by atoms with Crippen molar-refractivity contribution in [3.05, 3.63) is 24.3 Å². The maximum absolute atomic E-state index is 8.92. The third-order valence-electron chi connectivity index (χ3n) is 2.86. The standard InChI is InChI=1S/C11H14N4/c12-4-10-2-1-3-11(10)15-7-9-5-13-8-14-6-9/h5-6,8,10-11,15H,1-3,7H2. The van der Waals surface area contributed by atoms with Crippen molar-refractivity contribution in [2.75, 3.05) is 0 Å². The molecule has 4 nitrogen and oxygen atoms in total. The minimum absolute atomic E-state index is 0.176. The number of aromatic nitrogens is 2. The summed E-state index contributed by atoms with van der Waals surface area (Å²) in [6.07, 6.45) is 8.41. The normalized spacial score (nSPS) is 25.0. The Hall–Kier alpha value is -1.47. The number of rotatable bonds is 3. The van der Waals surface area contributed by atoms with Gasteiger partial charge in [0, 0.05) is 30.5 Å². The first-order valence-corrected chi connectivity index (χ1v) is 5.27. The van der Waals surface area contributed by atoms with E-state index < -0.39 is 0 Å². The highest BCUT2D eigenvalue weighted by atomic mass is 14.9. The van der Waals surface area contributed by atoms with Gasteiger partial charge in [0.25, 0.3) is 0 Å². The molecule has 15 heavy (non-hydrogen) atoms. The molecule has 0 saturated heterocycles. The Balaban J connectivity index is 1.86. The van der Waals surface area contributed by atoms with Gasteiger partial charge in [0.15, 0.2) is 0 Å². The zero-order valence-electron chi connectivity index (χ0n) is 8.56. The van der Waals surface area contributed by atoms with E-state index in [-0.39, 0.29) is 5.92 Å². The van der Waals surface area contributed by atoms with Crippen LogP contribution in [0.2, 0.25) is 0 Å². The number of nitrogens with one attached hydrogen (secondary N) is 1. The van der Waals surface area contributed by atoms with Crippen molar-refractivity contribution in [2.24, 2.45) is 5.92 Å². The van der Waals surface area contributed by atoms with Crippen LogP contribution in [-0.2, 0) is 6.54 Å². The van der Waals surface area contributed by atoms with Gasteiger partial charge in [0.2, 0.25) is 0 Å². The van der Waals surface area contributed by atoms with E-state index in [1.54, 1.807) is 12.4 Å². The zero-order valence-corrected chi connectivity index (χ0v) is 8.56. The Bertz CT molecular complexity index is 343. The minimum Gasteiger partial charge on any atom is -0.309 e. The van der Waals surface area contributed by atoms with Crippen LogP contribution < -0.4 is 5.32 Å². The van der Waals surface area contributed by atoms with E-state index in [9.17, 15) is 0 Å². The first-order chi connectivity index (χ1) is 7.40. The third kappa shape index (κ3) is 2.51. The van der Waals surface area contributed by atoms with Crippen molar-refractivity contribution in [2.45, 2.75) is 31.8 Å². The van der Waals surface area contributed by atoms with Crippen molar-refractivity contribution in [3.63, 3.8) is 0 Å². The lowest BCUT2D eigenvalue weighted by Gasteiger charge is -2.14. The number of nitriles is 1. The van der Waals surface area contributed by atoms with Crippen LogP contribution in [0.3, 0.4) is 0 Å². The highest BCUT2D eigenvalue weighted by Gasteiger charge is 2.26. The summed E-state index contributed by atoms with van der Waals surface area (Å²) in [5.74, 6) is 0.176. The second-order valence-corrected chi connectivity index (χ2v) is 3.90. The van der Waals surface area contributed by atoms with Crippen LogP contribution in [0.15, 0.2) is 18.7 Å². The predicted molar refractivity (Wildman–Crippen MR) is 55.6 cm³/mol. The van der Waals surface area contributed by atoms with Crippen molar-refractivity contribution in [3.8, 4) is 6.07 Å². The van der Waals surface area contributed by atoms with Crippen LogP contribution in [-0.4, -0.2) is 16.0 Å². The molecule has 1 heterocycles. The van der Waals surface area contributed by atoms with Crippen LogP contribution in [0.1, 0.15) is 24.8 Å². The maximum Gasteiger partial charge on any atom is 0.115 e. The summed E-state index contributed by atoms with van der Waals surface area (Å²) in [5, 5.41) is 12.3. The second kappa shape index (κ2) is 4.85. The summed E-state index contributed by atoms with van der Waals surface area (Å²) in [4.78, 5) is 7.91. The molecule has 1 N–H and O–H groups in total. The number of hydrogen-bond donors (Lipinski definition) is 1. The van der Waals surface area contributed by atoms with Gasteiger partial charge in [-0.25, -0.2) is 9.97 Å². The van der Waals surface area contributed by atoms with Crippen LogP contribution in [0, 0.1) is 17.2 Å². The highest BCUT2D eigenvalue weighted by molar-refractivity contribution is 5.03. The summed E-state index contributed by atoms with van der Waals surface area (Å²) >= 11 is 0. The molecule has 2 atom stereocenters. The molecule has 0 radical (unpaired) electrons. The zero-order chi connectivity index (χ0) is 10.5. The van der Waals surface area contributed by atoms with Gasteiger partial charge in [-0.1, -0.05) is 6.42 Å². The molecule has 4 heteroatoms. The Morgan fingerprint density at radius 2 is 2.20 bits per heavy atom. The Kier molecular flexibility index (Phi) is 3.25. The molecule has 1 fully saturated rings. The fraction of sp³-hybridized carbons (Fsp3) is 0.545. The van der Waals surface area contributed by atoms with E-state index in [2.05, 4.69) is 21.4 Å². The topological polar surface area (TPSA) is 61.6 Å². The van der Waals surface area contributed by atoms with Crippen molar-refractivity contribution < 1.29 is 0 Å². The molecular weight excluding hydrogens is 188 g/mol. The fourth-order valence-electron chi connectivity index (χ4n) is 2.03. The van der Waals surface area contributed by atoms with E-state index in [1.165, 1.54) is 6.33 Å². The Morgan fingerprint density at radius 1 is 1.40 bits per heavy atom. The fourth-order valence-corrected chi connectivity index (χ4v) is 2.03. The molecule has 0 aliphatic heterocycles. The van der Waals surface area contributed by atoms with Crippen molar-refractivity contribution in [1.29, 1.82) is 5.26 Å². The minimum atomic E-state index is 0.176. The molecular formula is C11H14N4. The maximum atomic E-state index is 8.92. The molecule has 2 unspecified atom stereocenters. The molecule has 1 saturated carbocycles. The molecule has 0 spiro atoms. The molecule has 2 rings (SSSR count). The summed E-state index contributed by atoms with van der Waals surface area (Å²) < 4.78 is 0. The summed E-state index contributed by atoms with van der Waals surface area (Å²) in [5.41, 5.74) is 1.07. The van der Waals surface area contributed by atoms with Gasteiger partial charge < -0.3 is 5.32 Å². The first kappa shape index (κ1) is 10.1. The van der Waals surface area contributed by atoms with E-state index in [4.69, 9.17) is 5.26 Å². The molecule has 1 aromatic rings. The first-order valence-electron chi connectivity index (χ1n) is 5.27. The van der Waals surface area contributed by atoms with Gasteiger partial charge in [0.05, 0.1) is 12.0 Å². The molecule has 1 aromatic heterocycles. The van der Waals surface area contributed by atoms with Crippen LogP contribution >= 0.6 is 0 Å². The van der Waals surface area contributed by atoms with Gasteiger partial charge in [-0.15, -0.1) is 0 Å². The average Bonchev–Trinajstić information content (AvgIpc) is 2.75. The molecule has 78 valence electrons. The Labute approximate surface area is 89.4 Å². The van der Waals surface area contributed by atoms with Gasteiger partial charge in [-0.3, -0.25) is 0 Å². The highest BCUT2D eigenvalue weighted by Crippen LogP contribution is 2.24. The van der Waals surface area contributed by atoms with E-state index in [1.807, 2.05) is 0 Å². The number of hydrogen-bond acceptors (Lipinski definition) is 4. The van der Waals surface area contributed by atoms with Crippen LogP contribution in [0.4, 0.5) is 0 Å². The van der Waals surface area contributed by atoms with Gasteiger partial charge in [0.1, 0.15) is 6.33 Å². The largest absolute Gasteiger partial charge is 0.309 e. The quantitative estimate of drug-likeness (QED) is 0.801.